The van der Waals surface area contributed by atoms with Crippen molar-refractivity contribution in [2.24, 2.45) is 0 Å². The zero-order chi connectivity index (χ0) is 13.1. The summed E-state index contributed by atoms with van der Waals surface area (Å²) in [5.74, 6) is 0. The third-order valence-electron chi connectivity index (χ3n) is 3.61. The van der Waals surface area contributed by atoms with Crippen LogP contribution in [0.3, 0.4) is 0 Å². The molecule has 0 saturated carbocycles. The fraction of sp³-hybridized carbons (Fsp3) is 0.500. The SMILES string of the molecule is O=C(NC1CCOC1)N1CCNCc2ccccc21. The summed E-state index contributed by atoms with van der Waals surface area (Å²) in [6, 6.07) is 8.18. The average molecular weight is 261 g/mol. The molecule has 5 heteroatoms. The molecule has 102 valence electrons. The van der Waals surface area contributed by atoms with Gasteiger partial charge in [0.25, 0.3) is 0 Å². The molecule has 3 rings (SSSR count). The van der Waals surface area contributed by atoms with Crippen LogP contribution in [0, 0.1) is 0 Å². The molecule has 2 aliphatic heterocycles. The first kappa shape index (κ1) is 12.4. The van der Waals surface area contributed by atoms with E-state index in [0.717, 1.165) is 37.4 Å². The summed E-state index contributed by atoms with van der Waals surface area (Å²) < 4.78 is 5.29. The van der Waals surface area contributed by atoms with Gasteiger partial charge in [0.05, 0.1) is 12.6 Å². The second kappa shape index (κ2) is 5.59. The lowest BCUT2D eigenvalue weighted by molar-refractivity contribution is 0.189. The van der Waals surface area contributed by atoms with Crippen LogP contribution in [0.4, 0.5) is 10.5 Å². The maximum Gasteiger partial charge on any atom is 0.322 e. The number of rotatable bonds is 1. The van der Waals surface area contributed by atoms with E-state index in [9.17, 15) is 4.79 Å². The number of benzene rings is 1. The van der Waals surface area contributed by atoms with E-state index in [4.69, 9.17) is 4.74 Å². The highest BCUT2D eigenvalue weighted by atomic mass is 16.5. The van der Waals surface area contributed by atoms with Crippen LogP contribution in [0.2, 0.25) is 0 Å². The van der Waals surface area contributed by atoms with Crippen molar-refractivity contribution < 1.29 is 9.53 Å². The molecule has 19 heavy (non-hydrogen) atoms. The van der Waals surface area contributed by atoms with Crippen molar-refractivity contribution in [3.8, 4) is 0 Å². The second-order valence-corrected chi connectivity index (χ2v) is 4.97. The van der Waals surface area contributed by atoms with Gasteiger partial charge in [-0.1, -0.05) is 18.2 Å². The highest BCUT2D eigenvalue weighted by molar-refractivity contribution is 5.93. The van der Waals surface area contributed by atoms with Gasteiger partial charge in [0.15, 0.2) is 0 Å². The summed E-state index contributed by atoms with van der Waals surface area (Å²) in [4.78, 5) is 14.2. The van der Waals surface area contributed by atoms with Gasteiger partial charge in [-0.15, -0.1) is 0 Å². The summed E-state index contributed by atoms with van der Waals surface area (Å²) >= 11 is 0. The first-order chi connectivity index (χ1) is 9.34. The molecule has 0 aliphatic carbocycles. The Morgan fingerprint density at radius 3 is 3.16 bits per heavy atom. The smallest absolute Gasteiger partial charge is 0.322 e. The number of para-hydroxylation sites is 1. The molecule has 1 unspecified atom stereocenters. The fourth-order valence-electron chi connectivity index (χ4n) is 2.57. The van der Waals surface area contributed by atoms with Crippen molar-refractivity contribution in [3.63, 3.8) is 0 Å². The van der Waals surface area contributed by atoms with E-state index in [1.165, 1.54) is 0 Å². The van der Waals surface area contributed by atoms with Crippen LogP contribution in [-0.2, 0) is 11.3 Å². The largest absolute Gasteiger partial charge is 0.379 e. The van der Waals surface area contributed by atoms with Gasteiger partial charge in [-0.3, -0.25) is 4.90 Å². The molecular weight excluding hydrogens is 242 g/mol. The first-order valence-electron chi connectivity index (χ1n) is 6.79. The van der Waals surface area contributed by atoms with Crippen molar-refractivity contribution in [1.82, 2.24) is 10.6 Å². The molecule has 2 amide bonds. The number of anilines is 1. The summed E-state index contributed by atoms with van der Waals surface area (Å²) in [5, 5.41) is 6.39. The molecule has 2 N–H and O–H groups in total. The third kappa shape index (κ3) is 2.72. The number of carbonyl (C=O) groups excluding carboxylic acids is 1. The van der Waals surface area contributed by atoms with Crippen molar-refractivity contribution in [3.05, 3.63) is 29.8 Å². The van der Waals surface area contributed by atoms with E-state index in [1.807, 2.05) is 23.1 Å². The quantitative estimate of drug-likeness (QED) is 0.796. The van der Waals surface area contributed by atoms with E-state index in [0.29, 0.717) is 13.2 Å². The molecule has 1 saturated heterocycles. The Balaban J connectivity index is 1.77. The standard InChI is InChI=1S/C14H19N3O2/c18-14(16-12-5-8-19-10-12)17-7-6-15-9-11-3-1-2-4-13(11)17/h1-4,12,15H,5-10H2,(H,16,18). The Hall–Kier alpha value is -1.59. The molecule has 0 aromatic heterocycles. The van der Waals surface area contributed by atoms with Gasteiger partial charge < -0.3 is 15.4 Å². The predicted molar refractivity (Wildman–Crippen MR) is 73.3 cm³/mol. The fourth-order valence-corrected chi connectivity index (χ4v) is 2.57. The molecule has 2 aliphatic rings. The Morgan fingerprint density at radius 1 is 1.42 bits per heavy atom. The van der Waals surface area contributed by atoms with Crippen LogP contribution >= 0.6 is 0 Å². The number of hydrogen-bond acceptors (Lipinski definition) is 3. The Kier molecular flexibility index (Phi) is 3.66. The third-order valence-corrected chi connectivity index (χ3v) is 3.61. The van der Waals surface area contributed by atoms with E-state index in [-0.39, 0.29) is 12.1 Å². The lowest BCUT2D eigenvalue weighted by atomic mass is 10.1. The molecular formula is C14H19N3O2. The van der Waals surface area contributed by atoms with E-state index in [1.54, 1.807) is 0 Å². The lowest BCUT2D eigenvalue weighted by Crippen LogP contribution is -2.46. The monoisotopic (exact) mass is 261 g/mol. The number of ether oxygens (including phenoxy) is 1. The Morgan fingerprint density at radius 2 is 2.32 bits per heavy atom. The van der Waals surface area contributed by atoms with E-state index >= 15 is 0 Å². The second-order valence-electron chi connectivity index (χ2n) is 4.97. The zero-order valence-electron chi connectivity index (χ0n) is 10.9. The summed E-state index contributed by atoms with van der Waals surface area (Å²) in [6.07, 6.45) is 0.902. The number of nitrogens with one attached hydrogen (secondary N) is 2. The lowest BCUT2D eigenvalue weighted by Gasteiger charge is -2.24. The normalized spacial score (nSPS) is 22.7. The number of hydrogen-bond donors (Lipinski definition) is 2. The van der Waals surface area contributed by atoms with Gasteiger partial charge in [-0.2, -0.15) is 0 Å². The predicted octanol–water partition coefficient (Wildman–Crippen LogP) is 1.09. The zero-order valence-corrected chi connectivity index (χ0v) is 10.9. The maximum absolute atomic E-state index is 12.4. The van der Waals surface area contributed by atoms with E-state index in [2.05, 4.69) is 16.7 Å². The summed E-state index contributed by atoms with van der Waals surface area (Å²) in [5.41, 5.74) is 2.17. The number of fused-ring (bicyclic) bond motifs is 1. The molecule has 1 aromatic rings. The van der Waals surface area contributed by atoms with Gasteiger partial charge in [0.2, 0.25) is 0 Å². The topological polar surface area (TPSA) is 53.6 Å². The Labute approximate surface area is 112 Å². The van der Waals surface area contributed by atoms with Crippen molar-refractivity contribution in [1.29, 1.82) is 0 Å². The van der Waals surface area contributed by atoms with Crippen LogP contribution in [0.5, 0.6) is 0 Å². The molecule has 0 radical (unpaired) electrons. The van der Waals surface area contributed by atoms with Gasteiger partial charge in [0, 0.05) is 31.9 Å². The van der Waals surface area contributed by atoms with Gasteiger partial charge in [-0.25, -0.2) is 4.79 Å². The number of nitrogens with zero attached hydrogens (tertiary/aromatic N) is 1. The minimum absolute atomic E-state index is 0.0216. The molecule has 0 bridgehead atoms. The van der Waals surface area contributed by atoms with Crippen molar-refractivity contribution >= 4 is 11.7 Å². The molecule has 5 nitrogen and oxygen atoms in total. The molecule has 2 heterocycles. The Bertz CT molecular complexity index is 458. The number of amides is 2. The summed E-state index contributed by atoms with van der Waals surface area (Å²) in [7, 11) is 0. The summed E-state index contributed by atoms with van der Waals surface area (Å²) in [6.45, 7) is 3.68. The van der Waals surface area contributed by atoms with Crippen LogP contribution in [0.1, 0.15) is 12.0 Å². The maximum atomic E-state index is 12.4. The first-order valence-corrected chi connectivity index (χ1v) is 6.79. The molecule has 1 aromatic carbocycles. The highest BCUT2D eigenvalue weighted by Gasteiger charge is 2.24. The van der Waals surface area contributed by atoms with Crippen LogP contribution in [0.15, 0.2) is 24.3 Å². The van der Waals surface area contributed by atoms with Crippen LogP contribution < -0.4 is 15.5 Å². The van der Waals surface area contributed by atoms with Gasteiger partial charge in [-0.05, 0) is 18.1 Å². The molecule has 1 atom stereocenters. The average Bonchev–Trinajstić information content (AvgIpc) is 2.83. The molecule has 0 spiro atoms. The van der Waals surface area contributed by atoms with E-state index < -0.39 is 0 Å². The number of urea groups is 1. The van der Waals surface area contributed by atoms with Crippen LogP contribution in [0.25, 0.3) is 0 Å². The minimum Gasteiger partial charge on any atom is -0.379 e. The number of carbonyl (C=O) groups is 1. The highest BCUT2D eigenvalue weighted by Crippen LogP contribution is 2.22. The van der Waals surface area contributed by atoms with Gasteiger partial charge in [0.1, 0.15) is 0 Å². The van der Waals surface area contributed by atoms with Crippen molar-refractivity contribution in [2.45, 2.75) is 19.0 Å². The van der Waals surface area contributed by atoms with Crippen LogP contribution in [-0.4, -0.2) is 38.4 Å². The van der Waals surface area contributed by atoms with Gasteiger partial charge >= 0.3 is 6.03 Å². The minimum atomic E-state index is -0.0216. The van der Waals surface area contributed by atoms with Crippen molar-refractivity contribution in [2.75, 3.05) is 31.2 Å². The molecule has 1 fully saturated rings.